The summed E-state index contributed by atoms with van der Waals surface area (Å²) in [6.07, 6.45) is 3.34. The van der Waals surface area contributed by atoms with Crippen molar-refractivity contribution in [2.45, 2.75) is 6.54 Å². The largest absolute Gasteiger partial charge is 0.369 e. The van der Waals surface area contributed by atoms with E-state index in [0.717, 1.165) is 49.2 Å². The first kappa shape index (κ1) is 18.2. The molecule has 1 aliphatic rings. The van der Waals surface area contributed by atoms with Gasteiger partial charge in [-0.2, -0.15) is 0 Å². The minimum atomic E-state index is 0.622. The van der Waals surface area contributed by atoms with Crippen LogP contribution >= 0.6 is 0 Å². The molecule has 0 atom stereocenters. The molecular formula is C21H25N7. The molecule has 0 unspecified atom stereocenters. The van der Waals surface area contributed by atoms with Crippen molar-refractivity contribution in [1.82, 2.24) is 19.9 Å². The van der Waals surface area contributed by atoms with Gasteiger partial charge < -0.3 is 20.4 Å². The van der Waals surface area contributed by atoms with Gasteiger partial charge in [0.05, 0.1) is 12.2 Å². The maximum Gasteiger partial charge on any atom is 0.135 e. The number of rotatable bonds is 6. The highest BCUT2D eigenvalue weighted by molar-refractivity contribution is 5.62. The highest BCUT2D eigenvalue weighted by Gasteiger charge is 2.13. The Morgan fingerprint density at radius 2 is 1.68 bits per heavy atom. The van der Waals surface area contributed by atoms with Crippen molar-refractivity contribution in [2.75, 3.05) is 48.8 Å². The third kappa shape index (κ3) is 4.75. The Balaban J connectivity index is 1.36. The molecule has 0 spiro atoms. The first-order valence-corrected chi connectivity index (χ1v) is 9.53. The molecular weight excluding hydrogens is 350 g/mol. The van der Waals surface area contributed by atoms with Gasteiger partial charge in [0.2, 0.25) is 0 Å². The summed E-state index contributed by atoms with van der Waals surface area (Å²) in [5.41, 5.74) is 3.24. The van der Waals surface area contributed by atoms with Crippen LogP contribution in [0.1, 0.15) is 5.69 Å². The Morgan fingerprint density at radius 1 is 0.893 bits per heavy atom. The molecule has 2 N–H and O–H groups in total. The number of nitrogens with zero attached hydrogens (tertiary/aromatic N) is 5. The fourth-order valence-electron chi connectivity index (χ4n) is 3.17. The van der Waals surface area contributed by atoms with Crippen molar-refractivity contribution in [2.24, 2.45) is 0 Å². The second-order valence-corrected chi connectivity index (χ2v) is 6.93. The van der Waals surface area contributed by atoms with Gasteiger partial charge in [-0.3, -0.25) is 4.98 Å². The fraction of sp³-hybridized carbons (Fsp3) is 0.286. The number of pyridine rings is 1. The van der Waals surface area contributed by atoms with Gasteiger partial charge in [0.15, 0.2) is 0 Å². The highest BCUT2D eigenvalue weighted by Crippen LogP contribution is 2.22. The van der Waals surface area contributed by atoms with E-state index in [1.807, 2.05) is 24.3 Å². The summed E-state index contributed by atoms with van der Waals surface area (Å²) in [5.74, 6) is 1.52. The van der Waals surface area contributed by atoms with E-state index >= 15 is 0 Å². The van der Waals surface area contributed by atoms with Crippen molar-refractivity contribution < 1.29 is 0 Å². The molecule has 0 saturated carbocycles. The summed E-state index contributed by atoms with van der Waals surface area (Å²) in [7, 11) is 2.17. The Morgan fingerprint density at radius 3 is 2.43 bits per heavy atom. The molecule has 0 bridgehead atoms. The molecule has 28 heavy (non-hydrogen) atoms. The normalized spacial score (nSPS) is 14.7. The van der Waals surface area contributed by atoms with Crippen LogP contribution in [-0.2, 0) is 6.54 Å². The van der Waals surface area contributed by atoms with Crippen molar-refractivity contribution in [3.8, 4) is 0 Å². The quantitative estimate of drug-likeness (QED) is 0.686. The van der Waals surface area contributed by atoms with Crippen LogP contribution in [0.25, 0.3) is 0 Å². The molecule has 3 heterocycles. The van der Waals surface area contributed by atoms with Gasteiger partial charge in [-0.15, -0.1) is 0 Å². The number of benzene rings is 1. The molecule has 0 amide bonds. The number of hydrogen-bond donors (Lipinski definition) is 2. The number of aromatic nitrogens is 3. The van der Waals surface area contributed by atoms with Crippen LogP contribution in [0.3, 0.4) is 0 Å². The molecule has 0 radical (unpaired) electrons. The lowest BCUT2D eigenvalue weighted by Gasteiger charge is -2.34. The van der Waals surface area contributed by atoms with Crippen molar-refractivity contribution >= 4 is 23.0 Å². The fourth-order valence-corrected chi connectivity index (χ4v) is 3.17. The minimum absolute atomic E-state index is 0.622. The maximum absolute atomic E-state index is 4.32. The SMILES string of the molecule is CN1CCN(c2ccc(Nc3cc(NCc4ccccn4)ncn3)cc2)CC1. The molecule has 1 fully saturated rings. The molecule has 7 nitrogen and oxygen atoms in total. The van der Waals surface area contributed by atoms with Gasteiger partial charge in [-0.1, -0.05) is 6.07 Å². The van der Waals surface area contributed by atoms with E-state index in [1.54, 1.807) is 12.5 Å². The Bertz CT molecular complexity index is 875. The molecule has 7 heteroatoms. The zero-order valence-corrected chi connectivity index (χ0v) is 16.0. The topological polar surface area (TPSA) is 69.2 Å². The lowest BCUT2D eigenvalue weighted by atomic mass is 10.2. The van der Waals surface area contributed by atoms with Gasteiger partial charge in [0, 0.05) is 49.8 Å². The molecule has 2 aromatic heterocycles. The maximum atomic E-state index is 4.32. The van der Waals surface area contributed by atoms with E-state index in [2.05, 4.69) is 66.7 Å². The predicted molar refractivity (Wildman–Crippen MR) is 113 cm³/mol. The van der Waals surface area contributed by atoms with E-state index in [0.29, 0.717) is 6.54 Å². The van der Waals surface area contributed by atoms with E-state index in [1.165, 1.54) is 5.69 Å². The summed E-state index contributed by atoms with van der Waals surface area (Å²) >= 11 is 0. The van der Waals surface area contributed by atoms with Crippen LogP contribution < -0.4 is 15.5 Å². The van der Waals surface area contributed by atoms with E-state index in [9.17, 15) is 0 Å². The Kier molecular flexibility index (Phi) is 5.63. The minimum Gasteiger partial charge on any atom is -0.369 e. The van der Waals surface area contributed by atoms with Crippen molar-refractivity contribution in [3.63, 3.8) is 0 Å². The summed E-state index contributed by atoms with van der Waals surface area (Å²) < 4.78 is 0. The number of hydrogen-bond acceptors (Lipinski definition) is 7. The molecule has 0 aliphatic carbocycles. The smallest absolute Gasteiger partial charge is 0.135 e. The van der Waals surface area contributed by atoms with Gasteiger partial charge in [-0.05, 0) is 43.4 Å². The van der Waals surface area contributed by atoms with Crippen molar-refractivity contribution in [1.29, 1.82) is 0 Å². The highest BCUT2D eigenvalue weighted by atomic mass is 15.2. The molecule has 3 aromatic rings. The number of piperazine rings is 1. The lowest BCUT2D eigenvalue weighted by molar-refractivity contribution is 0.313. The number of likely N-dealkylation sites (N-methyl/N-ethyl adjacent to an activating group) is 1. The predicted octanol–water partition coefficient (Wildman–Crippen LogP) is 2.98. The Hall–Kier alpha value is -3.19. The summed E-state index contributed by atoms with van der Waals surface area (Å²) in [6, 6.07) is 16.3. The third-order valence-electron chi connectivity index (χ3n) is 4.85. The lowest BCUT2D eigenvalue weighted by Crippen LogP contribution is -2.44. The van der Waals surface area contributed by atoms with Crippen LogP contribution in [0, 0.1) is 0 Å². The third-order valence-corrected chi connectivity index (χ3v) is 4.85. The monoisotopic (exact) mass is 375 g/mol. The zero-order chi connectivity index (χ0) is 19.2. The molecule has 144 valence electrons. The van der Waals surface area contributed by atoms with Gasteiger partial charge >= 0.3 is 0 Å². The molecule has 4 rings (SSSR count). The standard InChI is InChI=1S/C21H25N7/c1-27-10-12-28(13-11-27)19-7-5-17(6-8-19)26-21-14-20(24-16-25-21)23-15-18-4-2-3-9-22-18/h2-9,14,16H,10-13,15H2,1H3,(H2,23,24,25,26). The Labute approximate surface area is 165 Å². The molecule has 1 saturated heterocycles. The van der Waals surface area contributed by atoms with Crippen LogP contribution in [0.2, 0.25) is 0 Å². The molecule has 1 aromatic carbocycles. The average molecular weight is 375 g/mol. The number of anilines is 4. The molecule has 1 aliphatic heterocycles. The summed E-state index contributed by atoms with van der Waals surface area (Å²) in [4.78, 5) is 17.7. The summed E-state index contributed by atoms with van der Waals surface area (Å²) in [6.45, 7) is 4.97. The second kappa shape index (κ2) is 8.67. The van der Waals surface area contributed by atoms with Crippen LogP contribution in [0.4, 0.5) is 23.0 Å². The first-order chi connectivity index (χ1) is 13.8. The first-order valence-electron chi connectivity index (χ1n) is 9.53. The van der Waals surface area contributed by atoms with Crippen molar-refractivity contribution in [3.05, 3.63) is 66.7 Å². The summed E-state index contributed by atoms with van der Waals surface area (Å²) in [5, 5.41) is 6.62. The van der Waals surface area contributed by atoms with Crippen LogP contribution in [-0.4, -0.2) is 53.1 Å². The average Bonchev–Trinajstić information content (AvgIpc) is 2.75. The van der Waals surface area contributed by atoms with E-state index < -0.39 is 0 Å². The zero-order valence-electron chi connectivity index (χ0n) is 16.0. The van der Waals surface area contributed by atoms with E-state index in [4.69, 9.17) is 0 Å². The van der Waals surface area contributed by atoms with Gasteiger partial charge in [-0.25, -0.2) is 9.97 Å². The van der Waals surface area contributed by atoms with Crippen LogP contribution in [0.15, 0.2) is 61.1 Å². The second-order valence-electron chi connectivity index (χ2n) is 6.93. The van der Waals surface area contributed by atoms with Gasteiger partial charge in [0.1, 0.15) is 18.0 Å². The van der Waals surface area contributed by atoms with E-state index in [-0.39, 0.29) is 0 Å². The van der Waals surface area contributed by atoms with Crippen LogP contribution in [0.5, 0.6) is 0 Å². The number of nitrogens with one attached hydrogen (secondary N) is 2. The van der Waals surface area contributed by atoms with Gasteiger partial charge in [0.25, 0.3) is 0 Å².